The Kier molecular flexibility index (Phi) is 2.12. The molecule has 0 saturated carbocycles. The highest BCUT2D eigenvalue weighted by Gasteiger charge is 2.28. The lowest BCUT2D eigenvalue weighted by Crippen LogP contribution is -1.93. The maximum atomic E-state index is 11.2. The zero-order chi connectivity index (χ0) is 8.72. The van der Waals surface area contributed by atoms with Gasteiger partial charge in [0.2, 0.25) is 0 Å². The minimum Gasteiger partial charge on any atom is -0.442 e. The summed E-state index contributed by atoms with van der Waals surface area (Å²) in [7, 11) is 0. The Labute approximate surface area is 91.6 Å². The molecule has 2 rings (SSSR count). The van der Waals surface area contributed by atoms with E-state index in [0.717, 1.165) is 9.13 Å². The van der Waals surface area contributed by atoms with E-state index in [2.05, 4.69) is 38.5 Å². The largest absolute Gasteiger partial charge is 0.442 e. The molecule has 1 unspecified atom stereocenters. The molecule has 0 aromatic heterocycles. The number of esters is 1. The first kappa shape index (κ1) is 8.50. The van der Waals surface area contributed by atoms with Crippen LogP contribution in [0.5, 0.6) is 0 Å². The molecule has 1 aromatic carbocycles. The normalized spacial score (nSPS) is 20.5. The number of ether oxygens (including phenoxy) is 1. The van der Waals surface area contributed by atoms with Gasteiger partial charge in [0.15, 0.2) is 5.01 Å². The Bertz CT molecular complexity index is 351. The molecule has 1 aliphatic heterocycles. The quantitative estimate of drug-likeness (QED) is 0.413. The average molecular weight is 339 g/mol. The summed E-state index contributed by atoms with van der Waals surface area (Å²) in [6.07, 6.45) is 0. The summed E-state index contributed by atoms with van der Waals surface area (Å²) in [4.78, 5) is 11.2. The molecular weight excluding hydrogens is 335 g/mol. The highest BCUT2D eigenvalue weighted by atomic mass is 127. The van der Waals surface area contributed by atoms with Gasteiger partial charge in [-0.15, -0.1) is 0 Å². The first-order valence-electron chi connectivity index (χ1n) is 3.33. The average Bonchev–Trinajstić information content (AvgIpc) is 2.28. The van der Waals surface area contributed by atoms with E-state index in [1.54, 1.807) is 0 Å². The molecule has 0 amide bonds. The van der Waals surface area contributed by atoms with Crippen LogP contribution in [-0.4, -0.2) is 5.97 Å². The highest BCUT2D eigenvalue weighted by Crippen LogP contribution is 2.35. The topological polar surface area (TPSA) is 26.3 Å². The summed E-state index contributed by atoms with van der Waals surface area (Å²) in [6, 6.07) is 5.69. The first-order chi connectivity index (χ1) is 5.68. The Morgan fingerprint density at radius 2 is 2.25 bits per heavy atom. The van der Waals surface area contributed by atoms with Gasteiger partial charge in [-0.25, -0.2) is 4.79 Å². The molecule has 2 nitrogen and oxygen atoms in total. The number of benzene rings is 1. The highest BCUT2D eigenvalue weighted by molar-refractivity contribution is 14.1. The number of carbonyl (C=O) groups excluding carboxylic acids is 1. The number of carbonyl (C=O) groups is 1. The first-order valence-corrected chi connectivity index (χ1v) is 5.32. The summed E-state index contributed by atoms with van der Waals surface area (Å²) < 4.78 is 6.01. The maximum Gasteiger partial charge on any atom is 0.340 e. The molecule has 12 heavy (non-hydrogen) atoms. The molecule has 1 heterocycles. The third kappa shape index (κ3) is 1.26. The molecule has 1 aliphatic rings. The molecule has 0 spiro atoms. The molecule has 0 radical (unpaired) electrons. The Balaban J connectivity index is 2.60. The molecule has 4 heteroatoms. The second-order valence-corrected chi connectivity index (χ2v) is 4.53. The number of fused-ring (bicyclic) bond motifs is 1. The van der Waals surface area contributed by atoms with Gasteiger partial charge < -0.3 is 4.74 Å². The van der Waals surface area contributed by atoms with Crippen LogP contribution in [0.2, 0.25) is 0 Å². The van der Waals surface area contributed by atoms with Gasteiger partial charge >= 0.3 is 5.97 Å². The van der Waals surface area contributed by atoms with Crippen molar-refractivity contribution in [3.05, 3.63) is 32.9 Å². The van der Waals surface area contributed by atoms with Crippen molar-refractivity contribution < 1.29 is 9.53 Å². The van der Waals surface area contributed by atoms with E-state index in [0.29, 0.717) is 5.56 Å². The standard InChI is InChI=1S/C8H4BrIO2/c9-7-5-2-1-4(10)3-6(5)8(11)12-7/h1-3,7H. The summed E-state index contributed by atoms with van der Waals surface area (Å²) >= 11 is 5.42. The van der Waals surface area contributed by atoms with E-state index in [1.807, 2.05) is 18.2 Å². The van der Waals surface area contributed by atoms with Crippen molar-refractivity contribution in [2.75, 3.05) is 0 Å². The van der Waals surface area contributed by atoms with Crippen LogP contribution in [-0.2, 0) is 4.74 Å². The summed E-state index contributed by atoms with van der Waals surface area (Å²) in [5.41, 5.74) is 1.59. The van der Waals surface area contributed by atoms with Gasteiger partial charge in [0.1, 0.15) is 0 Å². The van der Waals surface area contributed by atoms with Gasteiger partial charge in [0.25, 0.3) is 0 Å². The fourth-order valence-corrected chi connectivity index (χ4v) is 2.18. The van der Waals surface area contributed by atoms with Crippen LogP contribution < -0.4 is 0 Å². The minimum atomic E-state index is -0.267. The fraction of sp³-hybridized carbons (Fsp3) is 0.125. The Morgan fingerprint density at radius 3 is 3.00 bits per heavy atom. The van der Waals surface area contributed by atoms with Gasteiger partial charge in [-0.3, -0.25) is 0 Å². The number of cyclic esters (lactones) is 1. The molecule has 0 N–H and O–H groups in total. The van der Waals surface area contributed by atoms with Crippen molar-refractivity contribution in [2.45, 2.75) is 5.01 Å². The van der Waals surface area contributed by atoms with Gasteiger partial charge in [-0.1, -0.05) is 6.07 Å². The zero-order valence-corrected chi connectivity index (χ0v) is 9.63. The summed E-state index contributed by atoms with van der Waals surface area (Å²) in [5.74, 6) is -0.245. The third-order valence-electron chi connectivity index (χ3n) is 1.69. The Morgan fingerprint density at radius 1 is 1.50 bits per heavy atom. The predicted octanol–water partition coefficient (Wildman–Crippen LogP) is 2.86. The summed E-state index contributed by atoms with van der Waals surface area (Å²) in [6.45, 7) is 0. The van der Waals surface area contributed by atoms with Crippen molar-refractivity contribution in [2.24, 2.45) is 0 Å². The second kappa shape index (κ2) is 2.99. The maximum absolute atomic E-state index is 11.2. The lowest BCUT2D eigenvalue weighted by Gasteiger charge is -1.98. The van der Waals surface area contributed by atoms with Crippen LogP contribution in [0.3, 0.4) is 0 Å². The van der Waals surface area contributed by atoms with Gasteiger partial charge in [0, 0.05) is 9.13 Å². The smallest absolute Gasteiger partial charge is 0.340 e. The van der Waals surface area contributed by atoms with E-state index in [4.69, 9.17) is 4.74 Å². The minimum absolute atomic E-state index is 0.245. The van der Waals surface area contributed by atoms with Crippen LogP contribution >= 0.6 is 38.5 Å². The lowest BCUT2D eigenvalue weighted by molar-refractivity contribution is 0.0530. The van der Waals surface area contributed by atoms with Crippen molar-refractivity contribution in [1.82, 2.24) is 0 Å². The lowest BCUT2D eigenvalue weighted by atomic mass is 10.1. The third-order valence-corrected chi connectivity index (χ3v) is 3.04. The molecule has 0 aliphatic carbocycles. The van der Waals surface area contributed by atoms with Crippen molar-refractivity contribution in [3.63, 3.8) is 0 Å². The molecule has 1 aromatic rings. The Hall–Kier alpha value is -0.100. The molecule has 0 fully saturated rings. The van der Waals surface area contributed by atoms with Crippen LogP contribution in [0.15, 0.2) is 18.2 Å². The van der Waals surface area contributed by atoms with E-state index in [-0.39, 0.29) is 11.0 Å². The summed E-state index contributed by atoms with van der Waals surface area (Å²) in [5, 5.41) is -0.267. The van der Waals surface area contributed by atoms with Gasteiger partial charge in [0.05, 0.1) is 5.56 Å². The van der Waals surface area contributed by atoms with E-state index in [1.165, 1.54) is 0 Å². The van der Waals surface area contributed by atoms with Crippen LogP contribution in [0, 0.1) is 3.57 Å². The van der Waals surface area contributed by atoms with Crippen LogP contribution in [0.25, 0.3) is 0 Å². The van der Waals surface area contributed by atoms with E-state index >= 15 is 0 Å². The van der Waals surface area contributed by atoms with E-state index in [9.17, 15) is 4.79 Å². The molecule has 62 valence electrons. The second-order valence-electron chi connectivity index (χ2n) is 2.45. The number of alkyl halides is 1. The molecule has 1 atom stereocenters. The molecular formula is C8H4BrIO2. The molecule has 0 saturated heterocycles. The predicted molar refractivity (Wildman–Crippen MR) is 56.2 cm³/mol. The number of rotatable bonds is 0. The van der Waals surface area contributed by atoms with Gasteiger partial charge in [-0.2, -0.15) is 0 Å². The van der Waals surface area contributed by atoms with Crippen LogP contribution in [0.4, 0.5) is 0 Å². The SMILES string of the molecule is O=C1OC(Br)c2ccc(I)cc21. The van der Waals surface area contributed by atoms with Crippen molar-refractivity contribution in [3.8, 4) is 0 Å². The monoisotopic (exact) mass is 338 g/mol. The fourth-order valence-electron chi connectivity index (χ4n) is 1.12. The molecule has 0 bridgehead atoms. The zero-order valence-electron chi connectivity index (χ0n) is 5.88. The number of halogens is 2. The number of hydrogen-bond acceptors (Lipinski definition) is 2. The van der Waals surface area contributed by atoms with Crippen LogP contribution in [0.1, 0.15) is 20.9 Å². The van der Waals surface area contributed by atoms with E-state index < -0.39 is 0 Å². The van der Waals surface area contributed by atoms with Gasteiger partial charge in [-0.05, 0) is 50.7 Å². The van der Waals surface area contributed by atoms with Crippen molar-refractivity contribution in [1.29, 1.82) is 0 Å². The van der Waals surface area contributed by atoms with Crippen molar-refractivity contribution >= 4 is 44.5 Å². The number of hydrogen-bond donors (Lipinski definition) is 0.